The third-order valence-corrected chi connectivity index (χ3v) is 5.30. The molecular weight excluding hydrogens is 364 g/mol. The highest BCUT2D eigenvalue weighted by atomic mass is 16.6. The van der Waals surface area contributed by atoms with Gasteiger partial charge in [0.2, 0.25) is 5.91 Å². The van der Waals surface area contributed by atoms with Gasteiger partial charge in [0.1, 0.15) is 6.61 Å². The minimum Gasteiger partial charge on any atom is -0.445 e. The van der Waals surface area contributed by atoms with E-state index in [1.807, 2.05) is 60.7 Å². The van der Waals surface area contributed by atoms with Crippen LogP contribution in [0, 0.1) is 5.92 Å². The van der Waals surface area contributed by atoms with Crippen molar-refractivity contribution >= 4 is 12.0 Å². The van der Waals surface area contributed by atoms with E-state index >= 15 is 0 Å². The van der Waals surface area contributed by atoms with Crippen LogP contribution in [0.15, 0.2) is 60.7 Å². The minimum absolute atomic E-state index is 0.0660. The molecule has 5 nitrogen and oxygen atoms in total. The van der Waals surface area contributed by atoms with E-state index in [9.17, 15) is 9.59 Å². The lowest BCUT2D eigenvalue weighted by Crippen LogP contribution is -2.39. The van der Waals surface area contributed by atoms with Crippen LogP contribution in [0.4, 0.5) is 4.79 Å². The van der Waals surface area contributed by atoms with Crippen LogP contribution in [0.5, 0.6) is 0 Å². The molecule has 154 valence electrons. The predicted octanol–water partition coefficient (Wildman–Crippen LogP) is 4.17. The van der Waals surface area contributed by atoms with Gasteiger partial charge in [-0.05, 0) is 36.3 Å². The summed E-state index contributed by atoms with van der Waals surface area (Å²) in [6, 6.07) is 19.7. The molecule has 0 radical (unpaired) electrons. The molecule has 0 spiro atoms. The van der Waals surface area contributed by atoms with Gasteiger partial charge in [0.05, 0.1) is 0 Å². The van der Waals surface area contributed by atoms with E-state index < -0.39 is 0 Å². The average molecular weight is 395 g/mol. The van der Waals surface area contributed by atoms with Crippen molar-refractivity contribution < 1.29 is 14.3 Å². The number of rotatable bonds is 7. The van der Waals surface area contributed by atoms with Gasteiger partial charge in [0.25, 0.3) is 0 Å². The van der Waals surface area contributed by atoms with Crippen molar-refractivity contribution in [2.24, 2.45) is 5.92 Å². The van der Waals surface area contributed by atoms with E-state index in [1.54, 1.807) is 4.90 Å². The first-order valence-electron chi connectivity index (χ1n) is 10.5. The van der Waals surface area contributed by atoms with Gasteiger partial charge in [-0.3, -0.25) is 4.79 Å². The Bertz CT molecular complexity index is 764. The average Bonchev–Trinajstić information content (AvgIpc) is 3.02. The van der Waals surface area contributed by atoms with Gasteiger partial charge in [0.15, 0.2) is 0 Å². The van der Waals surface area contributed by atoms with E-state index in [0.29, 0.717) is 26.1 Å². The molecule has 1 N–H and O–H groups in total. The maximum Gasteiger partial charge on any atom is 0.410 e. The van der Waals surface area contributed by atoms with Crippen LogP contribution in [-0.4, -0.2) is 36.5 Å². The first-order valence-corrected chi connectivity index (χ1v) is 10.5. The Hall–Kier alpha value is -2.82. The first-order chi connectivity index (χ1) is 14.2. The normalized spacial score (nSPS) is 16.7. The van der Waals surface area contributed by atoms with Crippen molar-refractivity contribution in [3.63, 3.8) is 0 Å². The largest absolute Gasteiger partial charge is 0.445 e. The lowest BCUT2D eigenvalue weighted by atomic mass is 10.0. The Morgan fingerprint density at radius 2 is 1.66 bits per heavy atom. The fourth-order valence-electron chi connectivity index (χ4n) is 3.62. The molecule has 0 bridgehead atoms. The van der Waals surface area contributed by atoms with Gasteiger partial charge in [-0.15, -0.1) is 0 Å². The summed E-state index contributed by atoms with van der Waals surface area (Å²) in [6.07, 6.45) is 4.01. The third-order valence-electron chi connectivity index (χ3n) is 5.30. The Balaban J connectivity index is 1.41. The fourth-order valence-corrected chi connectivity index (χ4v) is 3.62. The SMILES string of the molecule is O=C(CCc1ccccc1)NCC1CCCCN(C(=O)OCc2ccccc2)C1. The molecule has 1 unspecified atom stereocenters. The first kappa shape index (κ1) is 20.9. The van der Waals surface area contributed by atoms with Crippen LogP contribution in [0.25, 0.3) is 0 Å². The monoisotopic (exact) mass is 394 g/mol. The van der Waals surface area contributed by atoms with E-state index in [0.717, 1.165) is 31.2 Å². The Morgan fingerprint density at radius 1 is 0.966 bits per heavy atom. The Morgan fingerprint density at radius 3 is 2.38 bits per heavy atom. The molecule has 3 rings (SSSR count). The van der Waals surface area contributed by atoms with Gasteiger partial charge >= 0.3 is 6.09 Å². The van der Waals surface area contributed by atoms with Gasteiger partial charge in [-0.25, -0.2) is 4.79 Å². The molecule has 1 aliphatic heterocycles. The quantitative estimate of drug-likeness (QED) is 0.767. The fraction of sp³-hybridized carbons (Fsp3) is 0.417. The van der Waals surface area contributed by atoms with E-state index in [4.69, 9.17) is 4.74 Å². The maximum absolute atomic E-state index is 12.5. The summed E-state index contributed by atoms with van der Waals surface area (Å²) >= 11 is 0. The zero-order valence-corrected chi connectivity index (χ0v) is 16.9. The van der Waals surface area contributed by atoms with E-state index in [2.05, 4.69) is 5.32 Å². The van der Waals surface area contributed by atoms with Crippen molar-refractivity contribution in [2.75, 3.05) is 19.6 Å². The summed E-state index contributed by atoms with van der Waals surface area (Å²) in [4.78, 5) is 26.5. The summed E-state index contributed by atoms with van der Waals surface area (Å²) < 4.78 is 5.48. The number of carbonyl (C=O) groups excluding carboxylic acids is 2. The van der Waals surface area contributed by atoms with Crippen LogP contribution in [0.1, 0.15) is 36.8 Å². The molecule has 29 heavy (non-hydrogen) atoms. The van der Waals surface area contributed by atoms with Gasteiger partial charge in [0, 0.05) is 26.1 Å². The van der Waals surface area contributed by atoms with Crippen LogP contribution in [0.2, 0.25) is 0 Å². The molecular formula is C24H30N2O3. The lowest BCUT2D eigenvalue weighted by Gasteiger charge is -2.24. The lowest BCUT2D eigenvalue weighted by molar-refractivity contribution is -0.121. The molecule has 2 aromatic carbocycles. The van der Waals surface area contributed by atoms with Crippen LogP contribution < -0.4 is 5.32 Å². The number of amides is 2. The number of likely N-dealkylation sites (tertiary alicyclic amines) is 1. The molecule has 1 aliphatic rings. The topological polar surface area (TPSA) is 58.6 Å². The molecule has 1 atom stereocenters. The molecule has 1 saturated heterocycles. The Labute approximate surface area is 173 Å². The van der Waals surface area contributed by atoms with Crippen LogP contribution in [0.3, 0.4) is 0 Å². The number of aryl methyl sites for hydroxylation is 1. The number of ether oxygens (including phenoxy) is 1. The second-order valence-corrected chi connectivity index (χ2v) is 7.64. The molecule has 1 heterocycles. The molecule has 0 aliphatic carbocycles. The molecule has 1 fully saturated rings. The van der Waals surface area contributed by atoms with Crippen molar-refractivity contribution in [3.8, 4) is 0 Å². The van der Waals surface area contributed by atoms with Crippen molar-refractivity contribution in [1.82, 2.24) is 10.2 Å². The standard InChI is InChI=1S/C24H30N2O3/c27-23(15-14-20-9-3-1-4-10-20)25-17-22-13-7-8-16-26(18-22)24(28)29-19-21-11-5-2-6-12-21/h1-6,9-12,22H,7-8,13-19H2,(H,25,27). The summed E-state index contributed by atoms with van der Waals surface area (Å²) in [7, 11) is 0. The second-order valence-electron chi connectivity index (χ2n) is 7.64. The smallest absolute Gasteiger partial charge is 0.410 e. The summed E-state index contributed by atoms with van der Waals surface area (Å²) in [5, 5.41) is 3.05. The van der Waals surface area contributed by atoms with Gasteiger partial charge < -0.3 is 15.0 Å². The molecule has 0 saturated carbocycles. The van der Waals surface area contributed by atoms with Crippen molar-refractivity contribution in [1.29, 1.82) is 0 Å². The second kappa shape index (κ2) is 11.2. The maximum atomic E-state index is 12.5. The van der Waals surface area contributed by atoms with Crippen LogP contribution in [-0.2, 0) is 22.6 Å². The number of carbonyl (C=O) groups is 2. The van der Waals surface area contributed by atoms with E-state index in [1.165, 1.54) is 5.56 Å². The molecule has 0 aromatic heterocycles. The number of nitrogens with zero attached hydrogens (tertiary/aromatic N) is 1. The molecule has 2 aromatic rings. The molecule has 5 heteroatoms. The van der Waals surface area contributed by atoms with Gasteiger partial charge in [-0.2, -0.15) is 0 Å². The zero-order valence-electron chi connectivity index (χ0n) is 16.9. The van der Waals surface area contributed by atoms with Crippen molar-refractivity contribution in [2.45, 2.75) is 38.7 Å². The molecule has 2 amide bonds. The highest BCUT2D eigenvalue weighted by molar-refractivity contribution is 5.76. The summed E-state index contributed by atoms with van der Waals surface area (Å²) in [5.41, 5.74) is 2.15. The van der Waals surface area contributed by atoms with Crippen LogP contribution >= 0.6 is 0 Å². The predicted molar refractivity (Wildman–Crippen MR) is 113 cm³/mol. The van der Waals surface area contributed by atoms with Crippen molar-refractivity contribution in [3.05, 3.63) is 71.8 Å². The number of hydrogen-bond acceptors (Lipinski definition) is 3. The minimum atomic E-state index is -0.267. The van der Waals surface area contributed by atoms with Gasteiger partial charge in [-0.1, -0.05) is 67.1 Å². The van der Waals surface area contributed by atoms with E-state index in [-0.39, 0.29) is 24.5 Å². The Kier molecular flexibility index (Phi) is 8.11. The zero-order chi connectivity index (χ0) is 20.3. The summed E-state index contributed by atoms with van der Waals surface area (Å²) in [5.74, 6) is 0.332. The number of nitrogens with one attached hydrogen (secondary N) is 1. The highest BCUT2D eigenvalue weighted by Gasteiger charge is 2.23. The summed E-state index contributed by atoms with van der Waals surface area (Å²) in [6.45, 7) is 2.24. The number of hydrogen-bond donors (Lipinski definition) is 1. The highest BCUT2D eigenvalue weighted by Crippen LogP contribution is 2.17. The number of benzene rings is 2. The third kappa shape index (κ3) is 7.26.